The SMILES string of the molecule is CCCCCCC(=O)NCCCC(C)O. The Labute approximate surface area is 93.3 Å². The quantitative estimate of drug-likeness (QED) is 0.579. The molecule has 0 aromatic heterocycles. The topological polar surface area (TPSA) is 49.3 Å². The number of aliphatic hydroxyl groups excluding tert-OH is 1. The van der Waals surface area contributed by atoms with Gasteiger partial charge in [0.05, 0.1) is 6.10 Å². The second kappa shape index (κ2) is 9.97. The number of carbonyl (C=O) groups excluding carboxylic acids is 1. The minimum Gasteiger partial charge on any atom is -0.393 e. The maximum absolute atomic E-state index is 11.3. The molecule has 15 heavy (non-hydrogen) atoms. The first-order chi connectivity index (χ1) is 7.16. The van der Waals surface area contributed by atoms with Crippen molar-refractivity contribution in [2.45, 2.75) is 64.9 Å². The fourth-order valence-corrected chi connectivity index (χ4v) is 1.43. The Hall–Kier alpha value is -0.570. The number of aliphatic hydroxyl groups is 1. The summed E-state index contributed by atoms with van der Waals surface area (Å²) in [5.74, 6) is 0.150. The molecule has 0 saturated heterocycles. The molecule has 3 nitrogen and oxygen atoms in total. The third-order valence-electron chi connectivity index (χ3n) is 2.38. The lowest BCUT2D eigenvalue weighted by molar-refractivity contribution is -0.121. The van der Waals surface area contributed by atoms with E-state index in [-0.39, 0.29) is 12.0 Å². The van der Waals surface area contributed by atoms with Crippen molar-refractivity contribution in [3.8, 4) is 0 Å². The smallest absolute Gasteiger partial charge is 0.219 e. The number of hydrogen-bond acceptors (Lipinski definition) is 2. The lowest BCUT2D eigenvalue weighted by atomic mass is 10.1. The number of nitrogens with one attached hydrogen (secondary N) is 1. The van der Waals surface area contributed by atoms with Gasteiger partial charge in [-0.2, -0.15) is 0 Å². The second-order valence-electron chi connectivity index (χ2n) is 4.15. The first-order valence-corrected chi connectivity index (χ1v) is 6.11. The van der Waals surface area contributed by atoms with Crippen molar-refractivity contribution in [3.05, 3.63) is 0 Å². The van der Waals surface area contributed by atoms with E-state index in [0.29, 0.717) is 13.0 Å². The van der Waals surface area contributed by atoms with Crippen LogP contribution in [-0.4, -0.2) is 23.7 Å². The van der Waals surface area contributed by atoms with E-state index in [1.54, 1.807) is 6.92 Å². The van der Waals surface area contributed by atoms with E-state index in [4.69, 9.17) is 5.11 Å². The van der Waals surface area contributed by atoms with Gasteiger partial charge >= 0.3 is 0 Å². The maximum atomic E-state index is 11.3. The number of hydrogen-bond donors (Lipinski definition) is 2. The molecular formula is C12H25NO2. The van der Waals surface area contributed by atoms with E-state index < -0.39 is 0 Å². The van der Waals surface area contributed by atoms with Crippen molar-refractivity contribution in [1.29, 1.82) is 0 Å². The third-order valence-corrected chi connectivity index (χ3v) is 2.38. The summed E-state index contributed by atoms with van der Waals surface area (Å²) in [6, 6.07) is 0. The van der Waals surface area contributed by atoms with E-state index in [1.165, 1.54) is 12.8 Å². The summed E-state index contributed by atoms with van der Waals surface area (Å²) in [6.07, 6.45) is 6.58. The molecule has 1 atom stereocenters. The van der Waals surface area contributed by atoms with Crippen molar-refractivity contribution >= 4 is 5.91 Å². The van der Waals surface area contributed by atoms with Gasteiger partial charge in [0.2, 0.25) is 5.91 Å². The molecule has 90 valence electrons. The molecule has 0 radical (unpaired) electrons. The van der Waals surface area contributed by atoms with Crippen LogP contribution in [0.2, 0.25) is 0 Å². The minimum atomic E-state index is -0.258. The number of unbranched alkanes of at least 4 members (excludes halogenated alkanes) is 3. The van der Waals surface area contributed by atoms with Crippen LogP contribution < -0.4 is 5.32 Å². The highest BCUT2D eigenvalue weighted by Gasteiger charge is 2.00. The summed E-state index contributed by atoms with van der Waals surface area (Å²) in [7, 11) is 0. The zero-order valence-electron chi connectivity index (χ0n) is 10.1. The molecule has 0 aliphatic rings. The van der Waals surface area contributed by atoms with E-state index >= 15 is 0 Å². The van der Waals surface area contributed by atoms with Crippen LogP contribution in [0.25, 0.3) is 0 Å². The van der Waals surface area contributed by atoms with Gasteiger partial charge in [-0.25, -0.2) is 0 Å². The summed E-state index contributed by atoms with van der Waals surface area (Å²) in [6.45, 7) is 4.63. The predicted octanol–water partition coefficient (Wildman–Crippen LogP) is 2.23. The van der Waals surface area contributed by atoms with Crippen LogP contribution in [0.1, 0.15) is 58.8 Å². The van der Waals surface area contributed by atoms with Crippen molar-refractivity contribution in [1.82, 2.24) is 5.32 Å². The van der Waals surface area contributed by atoms with Gasteiger partial charge in [-0.3, -0.25) is 4.79 Å². The number of rotatable bonds is 9. The Bertz CT molecular complexity index is 158. The molecule has 0 rings (SSSR count). The van der Waals surface area contributed by atoms with E-state index in [1.807, 2.05) is 0 Å². The summed E-state index contributed by atoms with van der Waals surface area (Å²) < 4.78 is 0. The molecule has 1 amide bonds. The Morgan fingerprint density at radius 1 is 1.27 bits per heavy atom. The molecule has 0 spiro atoms. The lowest BCUT2D eigenvalue weighted by Crippen LogP contribution is -2.24. The van der Waals surface area contributed by atoms with Crippen molar-refractivity contribution < 1.29 is 9.90 Å². The van der Waals surface area contributed by atoms with Gasteiger partial charge in [0, 0.05) is 13.0 Å². The van der Waals surface area contributed by atoms with Gasteiger partial charge in [0.15, 0.2) is 0 Å². The Morgan fingerprint density at radius 3 is 2.60 bits per heavy atom. The number of carbonyl (C=O) groups is 1. The summed E-state index contributed by atoms with van der Waals surface area (Å²) in [5.41, 5.74) is 0. The van der Waals surface area contributed by atoms with Gasteiger partial charge < -0.3 is 10.4 Å². The fraction of sp³-hybridized carbons (Fsp3) is 0.917. The third kappa shape index (κ3) is 11.4. The standard InChI is InChI=1S/C12H25NO2/c1-3-4-5-6-9-12(15)13-10-7-8-11(2)14/h11,14H,3-10H2,1-2H3,(H,13,15). The van der Waals surface area contributed by atoms with Crippen LogP contribution in [0, 0.1) is 0 Å². The first kappa shape index (κ1) is 14.4. The zero-order valence-corrected chi connectivity index (χ0v) is 10.1. The fourth-order valence-electron chi connectivity index (χ4n) is 1.43. The van der Waals surface area contributed by atoms with Crippen LogP contribution in [0.15, 0.2) is 0 Å². The van der Waals surface area contributed by atoms with Gasteiger partial charge in [0.1, 0.15) is 0 Å². The van der Waals surface area contributed by atoms with Gasteiger partial charge in [0.25, 0.3) is 0 Å². The molecule has 0 bridgehead atoms. The highest BCUT2D eigenvalue weighted by atomic mass is 16.3. The molecule has 1 unspecified atom stereocenters. The van der Waals surface area contributed by atoms with Gasteiger partial charge in [-0.1, -0.05) is 26.2 Å². The Balaban J connectivity index is 3.19. The van der Waals surface area contributed by atoms with Crippen LogP contribution in [0.3, 0.4) is 0 Å². The predicted molar refractivity (Wildman–Crippen MR) is 62.7 cm³/mol. The van der Waals surface area contributed by atoms with E-state index in [0.717, 1.165) is 25.7 Å². The minimum absolute atomic E-state index is 0.150. The van der Waals surface area contributed by atoms with Crippen LogP contribution in [0.4, 0.5) is 0 Å². The Morgan fingerprint density at radius 2 is 2.00 bits per heavy atom. The largest absolute Gasteiger partial charge is 0.393 e. The maximum Gasteiger partial charge on any atom is 0.219 e. The summed E-state index contributed by atoms with van der Waals surface area (Å²) in [4.78, 5) is 11.3. The monoisotopic (exact) mass is 215 g/mol. The highest BCUT2D eigenvalue weighted by molar-refractivity contribution is 5.75. The lowest BCUT2D eigenvalue weighted by Gasteiger charge is -2.06. The molecule has 0 aliphatic heterocycles. The van der Waals surface area contributed by atoms with E-state index in [9.17, 15) is 4.79 Å². The summed E-state index contributed by atoms with van der Waals surface area (Å²) in [5, 5.41) is 11.9. The normalized spacial score (nSPS) is 12.5. The van der Waals surface area contributed by atoms with Gasteiger partial charge in [-0.15, -0.1) is 0 Å². The summed E-state index contributed by atoms with van der Waals surface area (Å²) >= 11 is 0. The molecule has 0 aliphatic carbocycles. The molecule has 0 fully saturated rings. The molecule has 3 heteroatoms. The second-order valence-corrected chi connectivity index (χ2v) is 4.15. The molecule has 0 aromatic rings. The zero-order chi connectivity index (χ0) is 11.5. The molecule has 2 N–H and O–H groups in total. The molecule has 0 heterocycles. The van der Waals surface area contributed by atoms with Crippen LogP contribution in [0.5, 0.6) is 0 Å². The Kier molecular flexibility index (Phi) is 9.59. The molecule has 0 saturated carbocycles. The highest BCUT2D eigenvalue weighted by Crippen LogP contribution is 2.02. The van der Waals surface area contributed by atoms with Crippen molar-refractivity contribution in [3.63, 3.8) is 0 Å². The van der Waals surface area contributed by atoms with Gasteiger partial charge in [-0.05, 0) is 26.2 Å². The number of amides is 1. The first-order valence-electron chi connectivity index (χ1n) is 6.11. The molecular weight excluding hydrogens is 190 g/mol. The van der Waals surface area contributed by atoms with Crippen LogP contribution >= 0.6 is 0 Å². The van der Waals surface area contributed by atoms with Crippen LogP contribution in [-0.2, 0) is 4.79 Å². The van der Waals surface area contributed by atoms with Crippen molar-refractivity contribution in [2.75, 3.05) is 6.54 Å². The average molecular weight is 215 g/mol. The molecule has 0 aromatic carbocycles. The average Bonchev–Trinajstić information content (AvgIpc) is 2.19. The van der Waals surface area contributed by atoms with Crippen molar-refractivity contribution in [2.24, 2.45) is 0 Å². The van der Waals surface area contributed by atoms with E-state index in [2.05, 4.69) is 12.2 Å².